The fourth-order valence-corrected chi connectivity index (χ4v) is 3.06. The maximum absolute atomic E-state index is 13.7. The number of aromatic nitrogens is 1. The molecule has 23 heavy (non-hydrogen) atoms. The number of nitrogens with zero attached hydrogens (tertiary/aromatic N) is 1. The molecule has 3 nitrogen and oxygen atoms in total. The molecule has 0 saturated heterocycles. The predicted molar refractivity (Wildman–Crippen MR) is 92.9 cm³/mol. The molecule has 0 aliphatic carbocycles. The lowest BCUT2D eigenvalue weighted by Gasteiger charge is -2.12. The van der Waals surface area contributed by atoms with Crippen LogP contribution in [0.2, 0.25) is 5.02 Å². The Balaban J connectivity index is 2.11. The van der Waals surface area contributed by atoms with E-state index < -0.39 is 0 Å². The van der Waals surface area contributed by atoms with Crippen LogP contribution in [0, 0.1) is 11.2 Å². The molecule has 2 aromatic carbocycles. The van der Waals surface area contributed by atoms with Crippen LogP contribution in [0.5, 0.6) is 5.75 Å². The van der Waals surface area contributed by atoms with Crippen molar-refractivity contribution in [1.29, 1.82) is 5.41 Å². The van der Waals surface area contributed by atoms with E-state index >= 15 is 0 Å². The minimum Gasteiger partial charge on any atom is -0.494 e. The van der Waals surface area contributed by atoms with Gasteiger partial charge in [-0.15, -0.1) is 12.6 Å². The third-order valence-electron chi connectivity index (χ3n) is 3.51. The highest BCUT2D eigenvalue weighted by Gasteiger charge is 2.15. The number of ether oxygens (including phenoxy) is 1. The zero-order valence-corrected chi connectivity index (χ0v) is 13.8. The second-order valence-electron chi connectivity index (χ2n) is 4.89. The Morgan fingerprint density at radius 1 is 1.30 bits per heavy atom. The number of pyridine rings is 1. The van der Waals surface area contributed by atoms with Crippen LogP contribution in [0.4, 0.5) is 4.39 Å². The van der Waals surface area contributed by atoms with Gasteiger partial charge >= 0.3 is 0 Å². The molecule has 0 unspecified atom stereocenters. The summed E-state index contributed by atoms with van der Waals surface area (Å²) in [5, 5.41) is 9.46. The number of rotatable bonds is 3. The molecule has 1 heterocycles. The largest absolute Gasteiger partial charge is 0.494 e. The van der Waals surface area contributed by atoms with Gasteiger partial charge in [-0.2, -0.15) is 0 Å². The van der Waals surface area contributed by atoms with Crippen molar-refractivity contribution in [3.63, 3.8) is 0 Å². The maximum atomic E-state index is 13.7. The van der Waals surface area contributed by atoms with Crippen LogP contribution in [0.25, 0.3) is 10.9 Å². The molecule has 0 spiro atoms. The van der Waals surface area contributed by atoms with Gasteiger partial charge in [-0.3, -0.25) is 10.4 Å². The molecular formula is C17H12ClFN2OS. The summed E-state index contributed by atoms with van der Waals surface area (Å²) in [4.78, 5) is 4.60. The van der Waals surface area contributed by atoms with E-state index in [9.17, 15) is 4.39 Å². The average molecular weight is 347 g/mol. The molecule has 1 N–H and O–H groups in total. The van der Waals surface area contributed by atoms with Crippen molar-refractivity contribution in [2.75, 3.05) is 7.11 Å². The first kappa shape index (κ1) is 15.8. The van der Waals surface area contributed by atoms with E-state index in [4.69, 9.17) is 21.7 Å². The Bertz CT molecular complexity index is 930. The summed E-state index contributed by atoms with van der Waals surface area (Å²) in [6, 6.07) is 9.80. The number of nitrogens with one attached hydrogen (secondary N) is 1. The first-order valence-corrected chi connectivity index (χ1v) is 7.54. The molecule has 0 amide bonds. The first-order valence-electron chi connectivity index (χ1n) is 6.72. The zero-order chi connectivity index (χ0) is 16.6. The summed E-state index contributed by atoms with van der Waals surface area (Å²) in [6.07, 6.45) is 1.47. The molecule has 0 atom stereocenters. The van der Waals surface area contributed by atoms with Gasteiger partial charge in [-0.25, -0.2) is 4.39 Å². The van der Waals surface area contributed by atoms with Gasteiger partial charge in [0.15, 0.2) is 5.75 Å². The highest BCUT2D eigenvalue weighted by Crippen LogP contribution is 2.35. The topological polar surface area (TPSA) is 46.0 Å². The van der Waals surface area contributed by atoms with Gasteiger partial charge in [0.05, 0.1) is 22.7 Å². The fourth-order valence-electron chi connectivity index (χ4n) is 2.36. The lowest BCUT2D eigenvalue weighted by Crippen LogP contribution is -2.05. The SMILES string of the molecule is COc1c(Cl)ccc(C(=N)c2cnc3c(F)cccc3c2)c1S. The summed E-state index contributed by atoms with van der Waals surface area (Å²) in [5.41, 5.74) is 1.61. The number of hydrogen-bond donors (Lipinski definition) is 2. The van der Waals surface area contributed by atoms with Crippen LogP contribution in [0.3, 0.4) is 0 Å². The van der Waals surface area contributed by atoms with E-state index in [0.29, 0.717) is 32.2 Å². The van der Waals surface area contributed by atoms with Crippen molar-refractivity contribution in [3.05, 3.63) is 64.6 Å². The molecule has 0 saturated carbocycles. The Morgan fingerprint density at radius 3 is 2.83 bits per heavy atom. The molecule has 0 aliphatic rings. The van der Waals surface area contributed by atoms with E-state index in [1.807, 2.05) is 0 Å². The van der Waals surface area contributed by atoms with E-state index in [2.05, 4.69) is 17.6 Å². The second-order valence-corrected chi connectivity index (χ2v) is 5.74. The van der Waals surface area contributed by atoms with Crippen molar-refractivity contribution >= 4 is 40.8 Å². The summed E-state index contributed by atoms with van der Waals surface area (Å²) in [6.45, 7) is 0. The summed E-state index contributed by atoms with van der Waals surface area (Å²) >= 11 is 10.5. The summed E-state index contributed by atoms with van der Waals surface area (Å²) in [5.74, 6) is 0.0284. The minimum atomic E-state index is -0.386. The molecule has 6 heteroatoms. The van der Waals surface area contributed by atoms with Gasteiger partial charge in [0.1, 0.15) is 11.3 Å². The molecule has 3 rings (SSSR count). The molecular weight excluding hydrogens is 335 g/mol. The molecule has 0 radical (unpaired) electrons. The van der Waals surface area contributed by atoms with Crippen molar-refractivity contribution in [2.24, 2.45) is 0 Å². The zero-order valence-electron chi connectivity index (χ0n) is 12.1. The molecule has 0 bridgehead atoms. The number of para-hydroxylation sites is 1. The molecule has 0 aliphatic heterocycles. The molecule has 116 valence electrons. The first-order chi connectivity index (χ1) is 11.0. The Morgan fingerprint density at radius 2 is 2.09 bits per heavy atom. The number of fused-ring (bicyclic) bond motifs is 1. The summed E-state index contributed by atoms with van der Waals surface area (Å²) in [7, 11) is 1.49. The second kappa shape index (κ2) is 6.18. The standard InChI is InChI=1S/C17H12ClFN2OS/c1-22-16-12(18)6-5-11(17(16)23)14(20)10-7-9-3-2-4-13(19)15(9)21-8-10/h2-8,20,23H,1H3. The van der Waals surface area contributed by atoms with Crippen molar-refractivity contribution in [2.45, 2.75) is 4.90 Å². The van der Waals surface area contributed by atoms with Crippen LogP contribution in [0.15, 0.2) is 47.5 Å². The van der Waals surface area contributed by atoms with E-state index in [0.717, 1.165) is 0 Å². The molecule has 0 fully saturated rings. The van der Waals surface area contributed by atoms with Gasteiger partial charge in [-0.1, -0.05) is 23.7 Å². The maximum Gasteiger partial charge on any atom is 0.151 e. The highest BCUT2D eigenvalue weighted by atomic mass is 35.5. The van der Waals surface area contributed by atoms with Crippen LogP contribution >= 0.6 is 24.2 Å². The van der Waals surface area contributed by atoms with Crippen LogP contribution < -0.4 is 4.74 Å². The number of halogens is 2. The van der Waals surface area contributed by atoms with Gasteiger partial charge < -0.3 is 4.74 Å². The normalized spacial score (nSPS) is 10.8. The lowest BCUT2D eigenvalue weighted by atomic mass is 10.0. The van der Waals surface area contributed by atoms with Gasteiger partial charge in [0.25, 0.3) is 0 Å². The van der Waals surface area contributed by atoms with Crippen molar-refractivity contribution in [3.8, 4) is 5.75 Å². The third kappa shape index (κ3) is 2.78. The smallest absolute Gasteiger partial charge is 0.151 e. The van der Waals surface area contributed by atoms with Crippen molar-refractivity contribution in [1.82, 2.24) is 4.98 Å². The predicted octanol–water partition coefficient (Wildman–Crippen LogP) is 4.74. The quantitative estimate of drug-likeness (QED) is 0.531. The number of thiol groups is 1. The van der Waals surface area contributed by atoms with Gasteiger partial charge in [0.2, 0.25) is 0 Å². The van der Waals surface area contributed by atoms with E-state index in [-0.39, 0.29) is 17.0 Å². The fraction of sp³-hybridized carbons (Fsp3) is 0.0588. The Hall–Kier alpha value is -2.11. The Labute approximate surface area is 143 Å². The van der Waals surface area contributed by atoms with Gasteiger partial charge in [0, 0.05) is 22.7 Å². The minimum absolute atomic E-state index is 0.212. The van der Waals surface area contributed by atoms with E-state index in [1.165, 1.54) is 19.4 Å². The summed E-state index contributed by atoms with van der Waals surface area (Å²) < 4.78 is 18.9. The third-order valence-corrected chi connectivity index (χ3v) is 4.25. The van der Waals surface area contributed by atoms with Crippen LogP contribution in [-0.2, 0) is 0 Å². The molecule has 1 aromatic heterocycles. The number of benzene rings is 2. The number of methoxy groups -OCH3 is 1. The lowest BCUT2D eigenvalue weighted by molar-refractivity contribution is 0.405. The average Bonchev–Trinajstić information content (AvgIpc) is 2.55. The Kier molecular flexibility index (Phi) is 4.24. The molecule has 3 aromatic rings. The number of hydrogen-bond acceptors (Lipinski definition) is 4. The van der Waals surface area contributed by atoms with Gasteiger partial charge in [-0.05, 0) is 24.3 Å². The van der Waals surface area contributed by atoms with Crippen LogP contribution in [0.1, 0.15) is 11.1 Å². The van der Waals surface area contributed by atoms with Crippen molar-refractivity contribution < 1.29 is 9.13 Å². The van der Waals surface area contributed by atoms with E-state index in [1.54, 1.807) is 30.3 Å². The highest BCUT2D eigenvalue weighted by molar-refractivity contribution is 7.80. The monoisotopic (exact) mass is 346 g/mol. The van der Waals surface area contributed by atoms with Crippen LogP contribution in [-0.4, -0.2) is 17.8 Å².